The van der Waals surface area contributed by atoms with Crippen molar-refractivity contribution in [1.29, 1.82) is 0 Å². The molecule has 3 aromatic rings. The lowest BCUT2D eigenvalue weighted by Gasteiger charge is -2.08. The summed E-state index contributed by atoms with van der Waals surface area (Å²) in [7, 11) is 1.56. The summed E-state index contributed by atoms with van der Waals surface area (Å²) in [6.45, 7) is -0.408. The second-order valence-electron chi connectivity index (χ2n) is 5.71. The van der Waals surface area contributed by atoms with Crippen molar-refractivity contribution >= 4 is 28.6 Å². The van der Waals surface area contributed by atoms with Crippen LogP contribution in [0.1, 0.15) is 5.56 Å². The lowest BCUT2D eigenvalue weighted by atomic mass is 10.0. The number of nitro benzene ring substituents is 1. The third-order valence-electron chi connectivity index (χ3n) is 3.95. The van der Waals surface area contributed by atoms with Gasteiger partial charge in [-0.05, 0) is 22.9 Å². The number of methoxy groups -OCH3 is 1. The average molecular weight is 379 g/mol. The van der Waals surface area contributed by atoms with Crippen molar-refractivity contribution in [2.45, 2.75) is 0 Å². The van der Waals surface area contributed by atoms with E-state index in [-0.39, 0.29) is 11.4 Å². The summed E-state index contributed by atoms with van der Waals surface area (Å²) in [5.41, 5.74) is 2.86. The van der Waals surface area contributed by atoms with Crippen molar-refractivity contribution in [3.05, 3.63) is 76.3 Å². The van der Waals surface area contributed by atoms with Crippen LogP contribution in [0.4, 0.5) is 5.69 Å². The van der Waals surface area contributed by atoms with Gasteiger partial charge in [0, 0.05) is 11.6 Å². The highest BCUT2D eigenvalue weighted by Crippen LogP contribution is 2.27. The lowest BCUT2D eigenvalue weighted by molar-refractivity contribution is -0.385. The first-order chi connectivity index (χ1) is 13.6. The van der Waals surface area contributed by atoms with E-state index in [1.54, 1.807) is 13.2 Å². The van der Waals surface area contributed by atoms with E-state index in [0.717, 1.165) is 16.3 Å². The molecule has 142 valence electrons. The van der Waals surface area contributed by atoms with E-state index in [1.807, 2.05) is 36.4 Å². The molecule has 0 radical (unpaired) electrons. The first-order valence-corrected chi connectivity index (χ1v) is 8.34. The van der Waals surface area contributed by atoms with Crippen molar-refractivity contribution < 1.29 is 19.2 Å². The van der Waals surface area contributed by atoms with Gasteiger partial charge in [0.2, 0.25) is 0 Å². The lowest BCUT2D eigenvalue weighted by Crippen LogP contribution is -2.24. The Morgan fingerprint density at radius 3 is 2.64 bits per heavy atom. The summed E-state index contributed by atoms with van der Waals surface area (Å²) in [4.78, 5) is 22.3. The van der Waals surface area contributed by atoms with Crippen LogP contribution in [-0.4, -0.2) is 30.8 Å². The zero-order valence-corrected chi connectivity index (χ0v) is 15.0. The number of fused-ring (bicyclic) bond motifs is 1. The second-order valence-corrected chi connectivity index (χ2v) is 5.71. The van der Waals surface area contributed by atoms with Gasteiger partial charge in [0.1, 0.15) is 5.75 Å². The smallest absolute Gasteiger partial charge is 0.310 e. The molecule has 3 rings (SSSR count). The van der Waals surface area contributed by atoms with Gasteiger partial charge in [-0.25, -0.2) is 5.43 Å². The van der Waals surface area contributed by atoms with E-state index in [2.05, 4.69) is 10.5 Å². The number of rotatable bonds is 7. The minimum Gasteiger partial charge on any atom is -0.496 e. The molecule has 0 aromatic heterocycles. The van der Waals surface area contributed by atoms with Crippen LogP contribution in [0.25, 0.3) is 10.8 Å². The van der Waals surface area contributed by atoms with Gasteiger partial charge in [0.25, 0.3) is 5.91 Å². The first-order valence-electron chi connectivity index (χ1n) is 8.34. The van der Waals surface area contributed by atoms with Gasteiger partial charge in [0.05, 0.1) is 18.2 Å². The largest absolute Gasteiger partial charge is 0.496 e. The number of nitrogens with one attached hydrogen (secondary N) is 1. The fourth-order valence-electron chi connectivity index (χ4n) is 2.66. The van der Waals surface area contributed by atoms with Crippen LogP contribution in [0, 0.1) is 10.1 Å². The van der Waals surface area contributed by atoms with Gasteiger partial charge in [-0.3, -0.25) is 14.9 Å². The van der Waals surface area contributed by atoms with Crippen molar-refractivity contribution in [1.82, 2.24) is 5.43 Å². The Morgan fingerprint density at radius 1 is 1.11 bits per heavy atom. The Hall–Kier alpha value is -3.94. The number of para-hydroxylation sites is 2. The number of hydrogen-bond donors (Lipinski definition) is 1. The van der Waals surface area contributed by atoms with Gasteiger partial charge in [0.15, 0.2) is 12.4 Å². The van der Waals surface area contributed by atoms with Gasteiger partial charge in [-0.2, -0.15) is 5.10 Å². The van der Waals surface area contributed by atoms with Crippen LogP contribution in [0.3, 0.4) is 0 Å². The number of amides is 1. The molecule has 0 saturated carbocycles. The van der Waals surface area contributed by atoms with Crippen LogP contribution < -0.4 is 14.9 Å². The number of hydrogen-bond acceptors (Lipinski definition) is 6. The van der Waals surface area contributed by atoms with E-state index in [4.69, 9.17) is 9.47 Å². The zero-order valence-electron chi connectivity index (χ0n) is 15.0. The Labute approximate surface area is 160 Å². The minimum atomic E-state index is -0.571. The monoisotopic (exact) mass is 379 g/mol. The summed E-state index contributed by atoms with van der Waals surface area (Å²) in [5.74, 6) is 0.0869. The number of benzene rings is 3. The van der Waals surface area contributed by atoms with Gasteiger partial charge in [-0.1, -0.05) is 42.5 Å². The van der Waals surface area contributed by atoms with Crippen LogP contribution in [0.15, 0.2) is 65.8 Å². The Balaban J connectivity index is 1.68. The number of nitro groups is 1. The first kappa shape index (κ1) is 18.8. The molecule has 3 aromatic carbocycles. The molecule has 28 heavy (non-hydrogen) atoms. The number of carbonyl (C=O) groups is 1. The molecule has 0 aliphatic rings. The highest BCUT2D eigenvalue weighted by atomic mass is 16.6. The van der Waals surface area contributed by atoms with Crippen molar-refractivity contribution in [2.75, 3.05) is 13.7 Å². The number of carbonyl (C=O) groups excluding carboxylic acids is 1. The maximum atomic E-state index is 12.0. The molecule has 0 atom stereocenters. The van der Waals surface area contributed by atoms with Crippen molar-refractivity contribution in [3.63, 3.8) is 0 Å². The molecule has 0 spiro atoms. The van der Waals surface area contributed by atoms with Crippen LogP contribution in [0.5, 0.6) is 11.5 Å². The molecule has 1 N–H and O–H groups in total. The molecule has 0 unspecified atom stereocenters. The van der Waals surface area contributed by atoms with E-state index >= 15 is 0 Å². The summed E-state index contributed by atoms with van der Waals surface area (Å²) in [6.07, 6.45) is 1.49. The maximum Gasteiger partial charge on any atom is 0.310 e. The predicted octanol–water partition coefficient (Wildman–Crippen LogP) is 3.29. The van der Waals surface area contributed by atoms with Gasteiger partial charge in [-0.15, -0.1) is 0 Å². The Morgan fingerprint density at radius 2 is 1.86 bits per heavy atom. The van der Waals surface area contributed by atoms with Crippen LogP contribution in [-0.2, 0) is 4.79 Å². The molecule has 0 aliphatic heterocycles. The number of nitrogens with zero attached hydrogens (tertiary/aromatic N) is 2. The molecule has 1 amide bonds. The molecule has 0 heterocycles. The van der Waals surface area contributed by atoms with Crippen molar-refractivity contribution in [2.24, 2.45) is 5.10 Å². The van der Waals surface area contributed by atoms with Gasteiger partial charge >= 0.3 is 5.69 Å². The minimum absolute atomic E-state index is 0.0161. The average Bonchev–Trinajstić information content (AvgIpc) is 2.72. The van der Waals surface area contributed by atoms with E-state index < -0.39 is 17.4 Å². The van der Waals surface area contributed by atoms with E-state index in [9.17, 15) is 14.9 Å². The summed E-state index contributed by atoms with van der Waals surface area (Å²) in [5, 5.41) is 16.8. The third kappa shape index (κ3) is 4.24. The Kier molecular flexibility index (Phi) is 5.81. The molecular weight excluding hydrogens is 362 g/mol. The predicted molar refractivity (Wildman–Crippen MR) is 105 cm³/mol. The fourth-order valence-corrected chi connectivity index (χ4v) is 2.66. The molecule has 0 bridgehead atoms. The number of hydrazone groups is 1. The second kappa shape index (κ2) is 8.63. The zero-order chi connectivity index (χ0) is 19.9. The SMILES string of the molecule is COc1ccc2ccccc2c1C=NNC(=O)COc1ccccc1[N+](=O)[O-]. The van der Waals surface area contributed by atoms with E-state index in [1.165, 1.54) is 24.4 Å². The molecule has 0 fully saturated rings. The topological polar surface area (TPSA) is 103 Å². The molecule has 8 heteroatoms. The standard InChI is InChI=1S/C20H17N3O5/c1-27-18-11-10-14-6-2-3-7-15(14)16(18)12-21-22-20(24)13-28-19-9-5-4-8-17(19)23(25)26/h2-12H,13H2,1H3,(H,22,24). The molecule has 0 aliphatic carbocycles. The molecule has 0 saturated heterocycles. The Bertz CT molecular complexity index is 1050. The summed E-state index contributed by atoms with van der Waals surface area (Å²) >= 11 is 0. The van der Waals surface area contributed by atoms with E-state index in [0.29, 0.717) is 5.75 Å². The normalized spacial score (nSPS) is 10.8. The van der Waals surface area contributed by atoms with Crippen molar-refractivity contribution in [3.8, 4) is 11.5 Å². The number of ether oxygens (including phenoxy) is 2. The quantitative estimate of drug-likeness (QED) is 0.385. The summed E-state index contributed by atoms with van der Waals surface area (Å²) in [6, 6.07) is 17.3. The molecule has 8 nitrogen and oxygen atoms in total. The summed E-state index contributed by atoms with van der Waals surface area (Å²) < 4.78 is 10.6. The maximum absolute atomic E-state index is 12.0. The highest BCUT2D eigenvalue weighted by molar-refractivity contribution is 6.02. The van der Waals surface area contributed by atoms with Crippen LogP contribution >= 0.6 is 0 Å². The fraction of sp³-hybridized carbons (Fsp3) is 0.100. The molecular formula is C20H17N3O5. The van der Waals surface area contributed by atoms with Gasteiger partial charge < -0.3 is 9.47 Å². The highest BCUT2D eigenvalue weighted by Gasteiger charge is 2.14. The third-order valence-corrected chi connectivity index (χ3v) is 3.95. The van der Waals surface area contributed by atoms with Crippen LogP contribution in [0.2, 0.25) is 0 Å².